The van der Waals surface area contributed by atoms with Gasteiger partial charge < -0.3 is 16.0 Å². The van der Waals surface area contributed by atoms with Crippen LogP contribution in [0.15, 0.2) is 42.5 Å². The highest BCUT2D eigenvalue weighted by molar-refractivity contribution is 6.36. The highest BCUT2D eigenvalue weighted by Gasteiger charge is 2.10. The second-order valence-electron chi connectivity index (χ2n) is 5.39. The highest BCUT2D eigenvalue weighted by Crippen LogP contribution is 2.20. The van der Waals surface area contributed by atoms with E-state index in [1.807, 2.05) is 0 Å². The lowest BCUT2D eigenvalue weighted by Gasteiger charge is -2.09. The predicted octanol–water partition coefficient (Wildman–Crippen LogP) is 3.11. The van der Waals surface area contributed by atoms with E-state index >= 15 is 0 Å². The molecule has 8 heteroatoms. The minimum Gasteiger partial charge on any atom is -0.350 e. The molecule has 136 valence electrons. The molecule has 0 saturated heterocycles. The number of amides is 3. The van der Waals surface area contributed by atoms with Gasteiger partial charge in [0.15, 0.2) is 0 Å². The van der Waals surface area contributed by atoms with E-state index in [4.69, 9.17) is 23.2 Å². The van der Waals surface area contributed by atoms with E-state index in [9.17, 15) is 14.4 Å². The third-order valence-corrected chi connectivity index (χ3v) is 3.89. The Morgan fingerprint density at radius 3 is 2.08 bits per heavy atom. The summed E-state index contributed by atoms with van der Waals surface area (Å²) in [4.78, 5) is 35.0. The minimum atomic E-state index is -0.347. The molecule has 0 aliphatic heterocycles. The lowest BCUT2D eigenvalue weighted by Crippen LogP contribution is -2.34. The van der Waals surface area contributed by atoms with Crippen molar-refractivity contribution in [3.05, 3.63) is 63.6 Å². The minimum absolute atomic E-state index is 0.182. The van der Waals surface area contributed by atoms with E-state index in [1.54, 1.807) is 30.3 Å². The fourth-order valence-electron chi connectivity index (χ4n) is 2.13. The van der Waals surface area contributed by atoms with Gasteiger partial charge in [0, 0.05) is 36.3 Å². The fraction of sp³-hybridized carbons (Fsp3) is 0.167. The molecule has 26 heavy (non-hydrogen) atoms. The third-order valence-electron chi connectivity index (χ3n) is 3.34. The first-order valence-corrected chi connectivity index (χ1v) is 8.51. The first kappa shape index (κ1) is 19.8. The van der Waals surface area contributed by atoms with E-state index < -0.39 is 0 Å². The number of carbonyl (C=O) groups is 3. The van der Waals surface area contributed by atoms with Crippen LogP contribution in [-0.2, 0) is 4.79 Å². The molecule has 0 aromatic heterocycles. The van der Waals surface area contributed by atoms with Gasteiger partial charge in [0.1, 0.15) is 0 Å². The van der Waals surface area contributed by atoms with E-state index in [1.165, 1.54) is 19.1 Å². The zero-order chi connectivity index (χ0) is 19.1. The van der Waals surface area contributed by atoms with Gasteiger partial charge in [-0.25, -0.2) is 0 Å². The molecule has 0 radical (unpaired) electrons. The van der Waals surface area contributed by atoms with Gasteiger partial charge in [-0.15, -0.1) is 0 Å². The lowest BCUT2D eigenvalue weighted by molar-refractivity contribution is -0.114. The molecule has 0 heterocycles. The van der Waals surface area contributed by atoms with Crippen LogP contribution in [0.3, 0.4) is 0 Å². The van der Waals surface area contributed by atoms with Gasteiger partial charge in [-0.1, -0.05) is 23.2 Å². The Kier molecular flexibility index (Phi) is 7.00. The van der Waals surface area contributed by atoms with Crippen molar-refractivity contribution in [3.63, 3.8) is 0 Å². The molecule has 0 saturated carbocycles. The Morgan fingerprint density at radius 2 is 1.50 bits per heavy atom. The van der Waals surface area contributed by atoms with Crippen molar-refractivity contribution >= 4 is 46.6 Å². The van der Waals surface area contributed by atoms with Crippen LogP contribution < -0.4 is 16.0 Å². The van der Waals surface area contributed by atoms with E-state index in [0.29, 0.717) is 21.8 Å². The van der Waals surface area contributed by atoms with Crippen LogP contribution in [0.5, 0.6) is 0 Å². The topological polar surface area (TPSA) is 87.3 Å². The number of hydrogen-bond acceptors (Lipinski definition) is 3. The lowest BCUT2D eigenvalue weighted by atomic mass is 10.2. The van der Waals surface area contributed by atoms with Gasteiger partial charge in [-0.05, 0) is 42.5 Å². The quantitative estimate of drug-likeness (QED) is 0.658. The number of halogens is 2. The number of benzene rings is 2. The summed E-state index contributed by atoms with van der Waals surface area (Å²) in [5.74, 6) is -0.808. The van der Waals surface area contributed by atoms with Crippen molar-refractivity contribution in [3.8, 4) is 0 Å². The first-order valence-electron chi connectivity index (χ1n) is 7.76. The molecular formula is C18H17Cl2N3O3. The van der Waals surface area contributed by atoms with Gasteiger partial charge in [0.05, 0.1) is 10.6 Å². The molecule has 0 atom stereocenters. The van der Waals surface area contributed by atoms with Gasteiger partial charge in [-0.2, -0.15) is 0 Å². The second kappa shape index (κ2) is 9.22. The molecule has 6 nitrogen and oxygen atoms in total. The SMILES string of the molecule is CC(=O)Nc1ccc(C(=O)NCCNC(=O)c2ccc(Cl)cc2Cl)cc1. The van der Waals surface area contributed by atoms with Crippen LogP contribution in [0.2, 0.25) is 10.0 Å². The summed E-state index contributed by atoms with van der Waals surface area (Å²) in [5.41, 5.74) is 1.38. The number of nitrogens with one attached hydrogen (secondary N) is 3. The second-order valence-corrected chi connectivity index (χ2v) is 6.24. The van der Waals surface area contributed by atoms with Crippen LogP contribution in [0.4, 0.5) is 5.69 Å². The van der Waals surface area contributed by atoms with Crippen molar-refractivity contribution in [1.82, 2.24) is 10.6 Å². The van der Waals surface area contributed by atoms with Crippen molar-refractivity contribution in [2.75, 3.05) is 18.4 Å². The molecule has 3 amide bonds. The number of anilines is 1. The summed E-state index contributed by atoms with van der Waals surface area (Å²) in [7, 11) is 0. The summed E-state index contributed by atoms with van der Waals surface area (Å²) in [6.45, 7) is 1.91. The average Bonchev–Trinajstić information content (AvgIpc) is 2.58. The van der Waals surface area contributed by atoms with Crippen molar-refractivity contribution in [1.29, 1.82) is 0 Å². The Labute approximate surface area is 160 Å². The van der Waals surface area contributed by atoms with Gasteiger partial charge in [-0.3, -0.25) is 14.4 Å². The summed E-state index contributed by atoms with van der Waals surface area (Å²) in [6, 6.07) is 11.1. The van der Waals surface area contributed by atoms with E-state index in [-0.39, 0.29) is 35.8 Å². The Hall–Kier alpha value is -2.57. The molecule has 3 N–H and O–H groups in total. The van der Waals surface area contributed by atoms with Crippen LogP contribution in [0.25, 0.3) is 0 Å². The molecular weight excluding hydrogens is 377 g/mol. The largest absolute Gasteiger partial charge is 0.350 e. The number of carbonyl (C=O) groups excluding carboxylic acids is 3. The number of rotatable bonds is 6. The molecule has 0 aliphatic rings. The monoisotopic (exact) mass is 393 g/mol. The molecule has 2 aromatic carbocycles. The Balaban J connectivity index is 1.79. The normalized spacial score (nSPS) is 10.1. The zero-order valence-electron chi connectivity index (χ0n) is 13.9. The summed E-state index contributed by atoms with van der Waals surface area (Å²) >= 11 is 11.8. The number of hydrogen-bond donors (Lipinski definition) is 3. The maximum absolute atomic E-state index is 12.0. The molecule has 2 aromatic rings. The van der Waals surface area contributed by atoms with E-state index in [0.717, 1.165) is 0 Å². The molecule has 0 bridgehead atoms. The van der Waals surface area contributed by atoms with Crippen molar-refractivity contribution in [2.24, 2.45) is 0 Å². The molecule has 2 rings (SSSR count). The summed E-state index contributed by atoms with van der Waals surface area (Å²) in [6.07, 6.45) is 0. The maximum atomic E-state index is 12.0. The van der Waals surface area contributed by atoms with Crippen LogP contribution in [0.1, 0.15) is 27.6 Å². The fourth-order valence-corrected chi connectivity index (χ4v) is 2.63. The zero-order valence-corrected chi connectivity index (χ0v) is 15.4. The van der Waals surface area contributed by atoms with E-state index in [2.05, 4.69) is 16.0 Å². The van der Waals surface area contributed by atoms with Crippen molar-refractivity contribution < 1.29 is 14.4 Å². The van der Waals surface area contributed by atoms with Gasteiger partial charge in [0.25, 0.3) is 11.8 Å². The van der Waals surface area contributed by atoms with Gasteiger partial charge >= 0.3 is 0 Å². The Morgan fingerprint density at radius 1 is 0.885 bits per heavy atom. The standard InChI is InChI=1S/C18H17Cl2N3O3/c1-11(24)23-14-5-2-12(3-6-14)17(25)21-8-9-22-18(26)15-7-4-13(19)10-16(15)20/h2-7,10H,8-9H2,1H3,(H,21,25)(H,22,26)(H,23,24). The van der Waals surface area contributed by atoms with Gasteiger partial charge in [0.2, 0.25) is 5.91 Å². The molecule has 0 fully saturated rings. The predicted molar refractivity (Wildman–Crippen MR) is 102 cm³/mol. The maximum Gasteiger partial charge on any atom is 0.252 e. The summed E-state index contributed by atoms with van der Waals surface area (Å²) in [5, 5.41) is 8.69. The molecule has 0 spiro atoms. The molecule has 0 unspecified atom stereocenters. The first-order chi connectivity index (χ1) is 12.4. The summed E-state index contributed by atoms with van der Waals surface area (Å²) < 4.78 is 0. The van der Waals surface area contributed by atoms with Crippen molar-refractivity contribution in [2.45, 2.75) is 6.92 Å². The third kappa shape index (κ3) is 5.75. The van der Waals surface area contributed by atoms with Crippen LogP contribution in [-0.4, -0.2) is 30.8 Å². The average molecular weight is 394 g/mol. The van der Waals surface area contributed by atoms with Crippen LogP contribution in [0, 0.1) is 0 Å². The highest BCUT2D eigenvalue weighted by atomic mass is 35.5. The molecule has 0 aliphatic carbocycles. The Bertz CT molecular complexity index is 823. The van der Waals surface area contributed by atoms with Crippen LogP contribution >= 0.6 is 23.2 Å². The smallest absolute Gasteiger partial charge is 0.252 e.